The van der Waals surface area contributed by atoms with Gasteiger partial charge in [0, 0.05) is 25.7 Å². The number of aromatic nitrogens is 1. The number of hydrogen-bond donors (Lipinski definition) is 0. The average molecular weight is 324 g/mol. The van der Waals surface area contributed by atoms with E-state index in [9.17, 15) is 0 Å². The molecular weight excluding hydrogens is 304 g/mol. The highest BCUT2D eigenvalue weighted by atomic mass is 35.5. The number of azo groups is 1. The van der Waals surface area contributed by atoms with Crippen LogP contribution in [0.15, 0.2) is 34.5 Å². The molecule has 1 heterocycles. The Morgan fingerprint density at radius 2 is 1.76 bits per heavy atom. The van der Waals surface area contributed by atoms with Crippen LogP contribution in [0.25, 0.3) is 0 Å². The number of halogens is 1. The highest BCUT2D eigenvalue weighted by Crippen LogP contribution is 2.32. The molecule has 0 fully saturated rings. The van der Waals surface area contributed by atoms with Crippen molar-refractivity contribution >= 4 is 39.5 Å². The number of aryl methyl sites for hydroxylation is 1. The van der Waals surface area contributed by atoms with E-state index in [1.165, 1.54) is 17.2 Å². The number of nitrogens with zero attached hydrogens (tertiary/aromatic N) is 4. The lowest BCUT2D eigenvalue weighted by atomic mass is 10.2. The minimum Gasteiger partial charge on any atom is -0.372 e. The van der Waals surface area contributed by atoms with Gasteiger partial charge in [0.1, 0.15) is 0 Å². The van der Waals surface area contributed by atoms with Crippen LogP contribution in [0.4, 0.5) is 16.4 Å². The van der Waals surface area contributed by atoms with E-state index in [-0.39, 0.29) is 0 Å². The first-order valence-corrected chi connectivity index (χ1v) is 8.14. The second kappa shape index (κ2) is 7.00. The summed E-state index contributed by atoms with van der Waals surface area (Å²) in [5.41, 5.74) is 3.04. The van der Waals surface area contributed by atoms with E-state index in [0.29, 0.717) is 5.02 Å². The van der Waals surface area contributed by atoms with E-state index in [4.69, 9.17) is 11.6 Å². The van der Waals surface area contributed by atoms with Gasteiger partial charge in [-0.15, -0.1) is 14.2 Å². The fourth-order valence-corrected chi connectivity index (χ4v) is 3.13. The van der Waals surface area contributed by atoms with Crippen LogP contribution in [0.3, 0.4) is 0 Å². The van der Waals surface area contributed by atoms with Crippen LogP contribution >= 0.6 is 23.1 Å². The molecule has 2 rings (SSSR count). The summed E-state index contributed by atoms with van der Waals surface area (Å²) in [5, 5.41) is 9.93. The Labute approximate surface area is 134 Å². The molecule has 0 aliphatic carbocycles. The number of benzene rings is 1. The lowest BCUT2D eigenvalue weighted by molar-refractivity contribution is -0.607. The predicted molar refractivity (Wildman–Crippen MR) is 89.4 cm³/mol. The van der Waals surface area contributed by atoms with E-state index in [1.54, 1.807) is 0 Å². The van der Waals surface area contributed by atoms with Gasteiger partial charge < -0.3 is 4.90 Å². The van der Waals surface area contributed by atoms with Crippen molar-refractivity contribution in [3.63, 3.8) is 0 Å². The quantitative estimate of drug-likeness (QED) is 0.574. The smallest absolute Gasteiger partial charge is 0.227 e. The van der Waals surface area contributed by atoms with Crippen molar-refractivity contribution in [2.24, 2.45) is 17.3 Å². The van der Waals surface area contributed by atoms with Gasteiger partial charge in [-0.3, -0.25) is 0 Å². The maximum Gasteiger partial charge on any atom is 0.227 e. The minimum atomic E-state index is 0.672. The molecule has 2 aromatic rings. The molecule has 0 aliphatic rings. The molecule has 0 saturated carbocycles. The lowest BCUT2D eigenvalue weighted by Crippen LogP contribution is -2.24. The first-order chi connectivity index (χ1) is 10.1. The van der Waals surface area contributed by atoms with E-state index >= 15 is 0 Å². The topological polar surface area (TPSA) is 31.8 Å². The summed E-state index contributed by atoms with van der Waals surface area (Å²) in [5.74, 6) is 0. The van der Waals surface area contributed by atoms with Gasteiger partial charge in [0.2, 0.25) is 10.7 Å². The van der Waals surface area contributed by atoms with E-state index in [1.807, 2.05) is 30.1 Å². The third kappa shape index (κ3) is 3.60. The molecule has 0 aliphatic heterocycles. The molecule has 0 bridgehead atoms. The second-order valence-electron chi connectivity index (χ2n) is 4.68. The third-order valence-electron chi connectivity index (χ3n) is 3.44. The molecule has 0 N–H and O–H groups in total. The maximum absolute atomic E-state index is 6.21. The molecular formula is C15H20ClN4S+. The van der Waals surface area contributed by atoms with Crippen molar-refractivity contribution < 1.29 is 3.96 Å². The van der Waals surface area contributed by atoms with Crippen molar-refractivity contribution in [2.75, 3.05) is 18.0 Å². The monoisotopic (exact) mass is 323 g/mol. The number of anilines is 1. The van der Waals surface area contributed by atoms with Gasteiger partial charge in [-0.05, 0) is 38.1 Å². The van der Waals surface area contributed by atoms with Crippen molar-refractivity contribution in [3.05, 3.63) is 35.0 Å². The number of hydrogen-bond acceptors (Lipinski definition) is 4. The average Bonchev–Trinajstić information content (AvgIpc) is 2.75. The summed E-state index contributed by atoms with van der Waals surface area (Å²) in [6.45, 7) is 8.27. The van der Waals surface area contributed by atoms with E-state index < -0.39 is 0 Å². The van der Waals surface area contributed by atoms with Crippen LogP contribution in [0.5, 0.6) is 0 Å². The largest absolute Gasteiger partial charge is 0.372 e. The van der Waals surface area contributed by atoms with Crippen molar-refractivity contribution in [1.82, 2.24) is 0 Å². The van der Waals surface area contributed by atoms with Crippen LogP contribution in [0.2, 0.25) is 5.02 Å². The molecule has 1 aromatic heterocycles. The predicted octanol–water partition coefficient (Wildman–Crippen LogP) is 4.80. The zero-order valence-electron chi connectivity index (χ0n) is 12.8. The van der Waals surface area contributed by atoms with Gasteiger partial charge in [-0.2, -0.15) is 0 Å². The minimum absolute atomic E-state index is 0.672. The standard InChI is InChI=1S/C15H20ClN4S/c1-5-20(6-2)13-9-7-12(8-10-13)17-18-15-14(16)11(3)19(4)21-15/h7-10H,5-6H2,1-4H3/q+1. The molecule has 1 aromatic carbocycles. The second-order valence-corrected chi connectivity index (χ2v) is 6.18. The molecule has 0 spiro atoms. The Kier molecular flexibility index (Phi) is 5.31. The molecule has 4 nitrogen and oxygen atoms in total. The summed E-state index contributed by atoms with van der Waals surface area (Å²) < 4.78 is 1.99. The summed E-state index contributed by atoms with van der Waals surface area (Å²) >= 11 is 7.71. The Bertz CT molecular complexity index is 630. The zero-order valence-corrected chi connectivity index (χ0v) is 14.4. The molecule has 0 saturated heterocycles. The normalized spacial score (nSPS) is 11.3. The Balaban J connectivity index is 2.16. The first kappa shape index (κ1) is 15.9. The highest BCUT2D eigenvalue weighted by molar-refractivity contribution is 7.06. The molecule has 0 amide bonds. The Hall–Kier alpha value is -1.46. The Morgan fingerprint density at radius 1 is 1.14 bits per heavy atom. The van der Waals surface area contributed by atoms with Crippen LogP contribution in [-0.2, 0) is 7.05 Å². The van der Waals surface area contributed by atoms with Crippen molar-refractivity contribution in [3.8, 4) is 0 Å². The lowest BCUT2D eigenvalue weighted by Gasteiger charge is -2.20. The van der Waals surface area contributed by atoms with Gasteiger partial charge >= 0.3 is 0 Å². The van der Waals surface area contributed by atoms with Gasteiger partial charge in [0.25, 0.3) is 0 Å². The van der Waals surface area contributed by atoms with Crippen LogP contribution in [0.1, 0.15) is 19.5 Å². The van der Waals surface area contributed by atoms with Gasteiger partial charge in [0.05, 0.1) is 5.69 Å². The van der Waals surface area contributed by atoms with Crippen LogP contribution < -0.4 is 8.86 Å². The van der Waals surface area contributed by atoms with Crippen molar-refractivity contribution in [1.29, 1.82) is 0 Å². The Morgan fingerprint density at radius 3 is 2.24 bits per heavy atom. The van der Waals surface area contributed by atoms with Crippen LogP contribution in [-0.4, -0.2) is 13.1 Å². The molecule has 0 radical (unpaired) electrons. The molecule has 21 heavy (non-hydrogen) atoms. The summed E-state index contributed by atoms with van der Waals surface area (Å²) in [7, 11) is 1.96. The van der Waals surface area contributed by atoms with Crippen molar-refractivity contribution in [2.45, 2.75) is 20.8 Å². The zero-order chi connectivity index (χ0) is 15.4. The fourth-order valence-electron chi connectivity index (χ4n) is 2.02. The molecule has 6 heteroatoms. The summed E-state index contributed by atoms with van der Waals surface area (Å²) in [4.78, 5) is 2.29. The van der Waals surface area contributed by atoms with E-state index in [2.05, 4.69) is 41.1 Å². The first-order valence-electron chi connectivity index (χ1n) is 6.99. The highest BCUT2D eigenvalue weighted by Gasteiger charge is 2.18. The maximum atomic E-state index is 6.21. The van der Waals surface area contributed by atoms with Gasteiger partial charge in [-0.25, -0.2) is 0 Å². The summed E-state index contributed by atoms with van der Waals surface area (Å²) in [6.07, 6.45) is 0. The molecule has 0 unspecified atom stereocenters. The van der Waals surface area contributed by atoms with Gasteiger partial charge in [-0.1, -0.05) is 11.6 Å². The third-order valence-corrected chi connectivity index (χ3v) is 5.01. The molecule has 112 valence electrons. The van der Waals surface area contributed by atoms with Gasteiger partial charge in [0.15, 0.2) is 23.6 Å². The summed E-state index contributed by atoms with van der Waals surface area (Å²) in [6, 6.07) is 8.10. The SMILES string of the molecule is CCN(CC)c1ccc(N=Nc2s[n+](C)c(C)c2Cl)cc1. The van der Waals surface area contributed by atoms with Crippen LogP contribution in [0, 0.1) is 6.92 Å². The fraction of sp³-hybridized carbons (Fsp3) is 0.400. The number of rotatable bonds is 5. The van der Waals surface area contributed by atoms with E-state index in [0.717, 1.165) is 29.5 Å². The molecule has 0 atom stereocenters.